The largest absolute Gasteiger partial charge is 0.326 e. The van der Waals surface area contributed by atoms with E-state index in [1.165, 1.54) is 11.8 Å². The molecule has 1 aliphatic heterocycles. The highest BCUT2D eigenvalue weighted by Crippen LogP contribution is 2.38. The summed E-state index contributed by atoms with van der Waals surface area (Å²) < 4.78 is 0. The van der Waals surface area contributed by atoms with Gasteiger partial charge in [-0.3, -0.25) is 14.8 Å². The molecule has 1 heterocycles. The lowest BCUT2D eigenvalue weighted by molar-refractivity contribution is -0.128. The van der Waals surface area contributed by atoms with E-state index in [9.17, 15) is 9.59 Å². The molecule has 24 heavy (non-hydrogen) atoms. The maximum atomic E-state index is 12.1. The third-order valence-corrected chi connectivity index (χ3v) is 5.21. The van der Waals surface area contributed by atoms with Crippen LogP contribution in [0.2, 0.25) is 0 Å². The zero-order valence-electron chi connectivity index (χ0n) is 13.0. The predicted molar refractivity (Wildman–Crippen MR) is 93.1 cm³/mol. The molecule has 0 radical (unpaired) electrons. The summed E-state index contributed by atoms with van der Waals surface area (Å²) in [4.78, 5) is 24.6. The average Bonchev–Trinajstić information content (AvgIpc) is 3.03. The third kappa shape index (κ3) is 3.96. The van der Waals surface area contributed by atoms with Crippen LogP contribution in [-0.2, 0) is 22.4 Å². The van der Waals surface area contributed by atoms with Gasteiger partial charge >= 0.3 is 0 Å². The molecule has 0 saturated carbocycles. The molecular formula is C18H18N2O3S. The monoisotopic (exact) mass is 342 g/mol. The van der Waals surface area contributed by atoms with Gasteiger partial charge < -0.3 is 5.32 Å². The topological polar surface area (TPSA) is 78.4 Å². The molecule has 0 spiro atoms. The highest BCUT2D eigenvalue weighted by molar-refractivity contribution is 8.01. The molecule has 3 N–H and O–H groups in total. The molecule has 0 aromatic heterocycles. The molecule has 1 aliphatic rings. The molecule has 2 aromatic carbocycles. The molecule has 0 bridgehead atoms. The number of fused-ring (bicyclic) bond motifs is 1. The van der Waals surface area contributed by atoms with Gasteiger partial charge in [0, 0.05) is 17.0 Å². The van der Waals surface area contributed by atoms with Gasteiger partial charge in [0.15, 0.2) is 0 Å². The minimum atomic E-state index is -0.398. The second kappa shape index (κ2) is 7.51. The number of hydrogen-bond acceptors (Lipinski definition) is 4. The second-order valence-electron chi connectivity index (χ2n) is 5.64. The Balaban J connectivity index is 1.57. The van der Waals surface area contributed by atoms with E-state index in [1.54, 1.807) is 5.48 Å². The summed E-state index contributed by atoms with van der Waals surface area (Å²) in [6.07, 6.45) is 1.70. The first kappa shape index (κ1) is 16.5. The molecule has 1 atom stereocenters. The average molecular weight is 342 g/mol. The van der Waals surface area contributed by atoms with Crippen molar-refractivity contribution in [2.45, 2.75) is 29.4 Å². The van der Waals surface area contributed by atoms with Gasteiger partial charge in [0.05, 0.1) is 5.25 Å². The normalized spacial score (nSPS) is 15.6. The maximum absolute atomic E-state index is 12.1. The number of benzene rings is 2. The van der Waals surface area contributed by atoms with Crippen LogP contribution in [0.4, 0.5) is 5.69 Å². The number of nitrogens with one attached hydrogen (secondary N) is 2. The number of thioether (sulfide) groups is 1. The number of rotatable bonds is 5. The molecule has 2 amide bonds. The van der Waals surface area contributed by atoms with Crippen LogP contribution in [0, 0.1) is 0 Å². The van der Waals surface area contributed by atoms with Crippen molar-refractivity contribution in [3.05, 3.63) is 59.7 Å². The van der Waals surface area contributed by atoms with Crippen LogP contribution in [-0.4, -0.2) is 22.3 Å². The van der Waals surface area contributed by atoms with Crippen molar-refractivity contribution in [3.63, 3.8) is 0 Å². The summed E-state index contributed by atoms with van der Waals surface area (Å²) >= 11 is 1.40. The van der Waals surface area contributed by atoms with Crippen molar-refractivity contribution in [1.82, 2.24) is 5.48 Å². The van der Waals surface area contributed by atoms with Crippen LogP contribution >= 0.6 is 11.8 Å². The zero-order chi connectivity index (χ0) is 16.9. The summed E-state index contributed by atoms with van der Waals surface area (Å²) in [5.41, 5.74) is 4.60. The molecule has 124 valence electrons. The van der Waals surface area contributed by atoms with Gasteiger partial charge in [0.25, 0.3) is 5.91 Å². The highest BCUT2D eigenvalue weighted by Gasteiger charge is 2.28. The fraction of sp³-hybridized carbons (Fsp3) is 0.222. The van der Waals surface area contributed by atoms with Crippen LogP contribution in [0.1, 0.15) is 17.5 Å². The molecule has 0 aliphatic carbocycles. The molecule has 1 unspecified atom stereocenters. The molecule has 0 saturated heterocycles. The number of anilines is 1. The molecule has 3 rings (SSSR count). The van der Waals surface area contributed by atoms with Crippen LogP contribution < -0.4 is 10.8 Å². The standard InChI is InChI=1S/C18H18N2O3S/c21-17(9-6-12-4-2-1-3-5-12)19-14-8-7-13-10-16(18(22)20-23)24-15(13)11-14/h1-5,7-8,11,16,23H,6,9-10H2,(H,19,21)(H,20,22). The number of aryl methyl sites for hydroxylation is 1. The Morgan fingerprint density at radius 1 is 1.17 bits per heavy atom. The number of carbonyl (C=O) groups is 2. The Morgan fingerprint density at radius 2 is 1.96 bits per heavy atom. The van der Waals surface area contributed by atoms with Crippen LogP contribution in [0.3, 0.4) is 0 Å². The van der Waals surface area contributed by atoms with Gasteiger partial charge in [-0.15, -0.1) is 11.8 Å². The van der Waals surface area contributed by atoms with Crippen molar-refractivity contribution < 1.29 is 14.8 Å². The number of carbonyl (C=O) groups excluding carboxylic acids is 2. The van der Waals surface area contributed by atoms with E-state index >= 15 is 0 Å². The smallest absolute Gasteiger partial charge is 0.257 e. The maximum Gasteiger partial charge on any atom is 0.257 e. The van der Waals surface area contributed by atoms with Crippen molar-refractivity contribution in [2.75, 3.05) is 5.32 Å². The summed E-state index contributed by atoms with van der Waals surface area (Å²) in [5.74, 6) is -0.434. The first-order chi connectivity index (χ1) is 11.7. The molecule has 5 nitrogen and oxygen atoms in total. The SMILES string of the molecule is O=C(CCc1ccccc1)Nc1ccc2c(c1)SC(C(=O)NO)C2. The van der Waals surface area contributed by atoms with E-state index in [2.05, 4.69) is 5.32 Å². The Morgan fingerprint density at radius 3 is 2.71 bits per heavy atom. The van der Waals surface area contributed by atoms with E-state index in [0.29, 0.717) is 19.3 Å². The van der Waals surface area contributed by atoms with Crippen LogP contribution in [0.15, 0.2) is 53.4 Å². The Bertz CT molecular complexity index is 749. The van der Waals surface area contributed by atoms with E-state index in [0.717, 1.165) is 21.7 Å². The van der Waals surface area contributed by atoms with Crippen LogP contribution in [0.5, 0.6) is 0 Å². The molecule has 6 heteroatoms. The molecule has 0 fully saturated rings. The quantitative estimate of drug-likeness (QED) is 0.577. The zero-order valence-corrected chi connectivity index (χ0v) is 13.8. The molecular weight excluding hydrogens is 324 g/mol. The lowest BCUT2D eigenvalue weighted by Gasteiger charge is -2.07. The first-order valence-electron chi connectivity index (χ1n) is 7.73. The van der Waals surface area contributed by atoms with Crippen LogP contribution in [0.25, 0.3) is 0 Å². The molecule has 2 aromatic rings. The predicted octanol–water partition coefficient (Wildman–Crippen LogP) is 2.78. The van der Waals surface area contributed by atoms with Crippen molar-refractivity contribution in [2.24, 2.45) is 0 Å². The van der Waals surface area contributed by atoms with E-state index < -0.39 is 5.91 Å². The number of hydroxylamine groups is 1. The minimum Gasteiger partial charge on any atom is -0.326 e. The number of hydrogen-bond donors (Lipinski definition) is 3. The fourth-order valence-corrected chi connectivity index (χ4v) is 3.88. The summed E-state index contributed by atoms with van der Waals surface area (Å²) in [6, 6.07) is 15.5. The van der Waals surface area contributed by atoms with Crippen molar-refractivity contribution in [1.29, 1.82) is 0 Å². The van der Waals surface area contributed by atoms with Gasteiger partial charge in [0.1, 0.15) is 0 Å². The second-order valence-corrected chi connectivity index (χ2v) is 6.89. The van der Waals surface area contributed by atoms with Gasteiger partial charge in [-0.25, -0.2) is 5.48 Å². The van der Waals surface area contributed by atoms with Gasteiger partial charge in [0.2, 0.25) is 5.91 Å². The number of amides is 2. The van der Waals surface area contributed by atoms with Crippen molar-refractivity contribution in [3.8, 4) is 0 Å². The summed E-state index contributed by atoms with van der Waals surface area (Å²) in [5, 5.41) is 11.3. The lowest BCUT2D eigenvalue weighted by Crippen LogP contribution is -2.29. The first-order valence-corrected chi connectivity index (χ1v) is 8.61. The van der Waals surface area contributed by atoms with Gasteiger partial charge in [-0.05, 0) is 36.1 Å². The third-order valence-electron chi connectivity index (χ3n) is 3.91. The summed E-state index contributed by atoms with van der Waals surface area (Å²) in [7, 11) is 0. The Kier molecular flexibility index (Phi) is 5.17. The Hall–Kier alpha value is -2.31. The fourth-order valence-electron chi connectivity index (χ4n) is 2.65. The van der Waals surface area contributed by atoms with Gasteiger partial charge in [-0.1, -0.05) is 36.4 Å². The van der Waals surface area contributed by atoms with Gasteiger partial charge in [-0.2, -0.15) is 0 Å². The summed E-state index contributed by atoms with van der Waals surface area (Å²) in [6.45, 7) is 0. The van der Waals surface area contributed by atoms with E-state index in [1.807, 2.05) is 48.5 Å². The highest BCUT2D eigenvalue weighted by atomic mass is 32.2. The van der Waals surface area contributed by atoms with E-state index in [4.69, 9.17) is 5.21 Å². The van der Waals surface area contributed by atoms with Crippen molar-refractivity contribution >= 4 is 29.3 Å². The van der Waals surface area contributed by atoms with E-state index in [-0.39, 0.29) is 11.2 Å². The lowest BCUT2D eigenvalue weighted by atomic mass is 10.1. The Labute approximate surface area is 144 Å². The minimum absolute atomic E-state index is 0.0357.